The van der Waals surface area contributed by atoms with E-state index in [1.54, 1.807) is 0 Å². The second-order valence-corrected chi connectivity index (χ2v) is 10.5. The molecule has 0 radical (unpaired) electrons. The molecule has 3 heteroatoms. The highest BCUT2D eigenvalue weighted by Crippen LogP contribution is 2.42. The molecule has 9 rings (SSSR count). The first-order chi connectivity index (χ1) is 19.9. The minimum atomic E-state index is 1.15. The first-order valence-corrected chi connectivity index (χ1v) is 13.6. The van der Waals surface area contributed by atoms with Crippen LogP contribution < -0.4 is 0 Å². The van der Waals surface area contributed by atoms with Crippen molar-refractivity contribution < 1.29 is 0 Å². The van der Waals surface area contributed by atoms with Crippen LogP contribution in [0.1, 0.15) is 0 Å². The molecule has 0 aliphatic heterocycles. The number of para-hydroxylation sites is 2. The van der Waals surface area contributed by atoms with Crippen LogP contribution in [-0.4, -0.2) is 14.0 Å². The van der Waals surface area contributed by atoms with Crippen LogP contribution in [-0.2, 0) is 0 Å². The highest BCUT2D eigenvalue weighted by molar-refractivity contribution is 6.30. The summed E-state index contributed by atoms with van der Waals surface area (Å²) in [5, 5.41) is 7.66. The number of fused-ring (bicyclic) bond motifs is 12. The summed E-state index contributed by atoms with van der Waals surface area (Å²) in [5.74, 6) is 0. The Bertz CT molecular complexity index is 2430. The lowest BCUT2D eigenvalue weighted by molar-refractivity contribution is 1.18. The molecule has 4 heterocycles. The van der Waals surface area contributed by atoms with Gasteiger partial charge in [-0.05, 0) is 71.1 Å². The third-order valence-corrected chi connectivity index (χ3v) is 8.36. The van der Waals surface area contributed by atoms with E-state index in [1.807, 2.05) is 12.4 Å². The average molecular weight is 510 g/mol. The minimum Gasteiger partial charge on any atom is -0.309 e. The van der Waals surface area contributed by atoms with Crippen molar-refractivity contribution in [2.24, 2.45) is 0 Å². The molecule has 0 amide bonds. The summed E-state index contributed by atoms with van der Waals surface area (Å²) in [6.07, 6.45) is 3.71. The molecule has 3 nitrogen and oxygen atoms in total. The van der Waals surface area contributed by atoms with Gasteiger partial charge in [0.25, 0.3) is 0 Å². The van der Waals surface area contributed by atoms with Crippen molar-refractivity contribution in [1.29, 1.82) is 0 Å². The van der Waals surface area contributed by atoms with E-state index < -0.39 is 0 Å². The Kier molecular flexibility index (Phi) is 4.33. The smallest absolute Gasteiger partial charge is 0.0548 e. The topological polar surface area (TPSA) is 22.2 Å². The zero-order chi connectivity index (χ0) is 26.2. The van der Waals surface area contributed by atoms with Crippen LogP contribution in [0.15, 0.2) is 140 Å². The molecule has 9 aromatic rings. The molecule has 0 aliphatic carbocycles. The number of rotatable bonds is 2. The van der Waals surface area contributed by atoms with Crippen LogP contribution >= 0.6 is 0 Å². The largest absolute Gasteiger partial charge is 0.309 e. The van der Waals surface area contributed by atoms with Gasteiger partial charge in [-0.15, -0.1) is 0 Å². The highest BCUT2D eigenvalue weighted by atomic mass is 15.0. The first kappa shape index (κ1) is 21.5. The fraction of sp³-hybridized carbons (Fsp3) is 0. The van der Waals surface area contributed by atoms with Crippen molar-refractivity contribution in [3.8, 4) is 16.8 Å². The van der Waals surface area contributed by atoms with E-state index in [0.717, 1.165) is 11.3 Å². The van der Waals surface area contributed by atoms with Gasteiger partial charge in [-0.25, -0.2) is 0 Å². The van der Waals surface area contributed by atoms with E-state index in [0.29, 0.717) is 0 Å². The van der Waals surface area contributed by atoms with Crippen LogP contribution in [0.5, 0.6) is 0 Å². The molecule has 40 heavy (non-hydrogen) atoms. The average Bonchev–Trinajstić information content (AvgIpc) is 3.58. The highest BCUT2D eigenvalue weighted by Gasteiger charge is 2.19. The standard InChI is InChI=1S/C37H23N3/c1-5-14-31-26(8-1)23-35-28-11-2-3-12-29(28)36-34(40(31)35)17-16-33-37(36)30-13-4-6-15-32(30)39(33)27-10-7-9-25(22-27)24-18-20-38-21-19-24/h1-23H. The number of hydrogen-bond acceptors (Lipinski definition) is 1. The van der Waals surface area contributed by atoms with Crippen molar-refractivity contribution in [3.63, 3.8) is 0 Å². The van der Waals surface area contributed by atoms with Gasteiger partial charge < -0.3 is 8.97 Å². The van der Waals surface area contributed by atoms with E-state index in [1.165, 1.54) is 65.5 Å². The lowest BCUT2D eigenvalue weighted by Crippen LogP contribution is -1.95. The van der Waals surface area contributed by atoms with Crippen LogP contribution in [0.3, 0.4) is 0 Å². The molecule has 0 unspecified atom stereocenters. The van der Waals surface area contributed by atoms with Gasteiger partial charge in [0.1, 0.15) is 0 Å². The summed E-state index contributed by atoms with van der Waals surface area (Å²) >= 11 is 0. The van der Waals surface area contributed by atoms with E-state index in [-0.39, 0.29) is 0 Å². The third kappa shape index (κ3) is 2.86. The maximum absolute atomic E-state index is 4.21. The van der Waals surface area contributed by atoms with Gasteiger partial charge in [-0.3, -0.25) is 4.98 Å². The molecular weight excluding hydrogens is 486 g/mol. The van der Waals surface area contributed by atoms with Crippen LogP contribution in [0.25, 0.3) is 76.7 Å². The molecule has 5 aromatic carbocycles. The summed E-state index contributed by atoms with van der Waals surface area (Å²) in [6.45, 7) is 0. The molecule has 0 aliphatic rings. The van der Waals surface area contributed by atoms with Gasteiger partial charge in [-0.1, -0.05) is 72.8 Å². The summed E-state index contributed by atoms with van der Waals surface area (Å²) < 4.78 is 4.87. The Balaban J connectivity index is 1.48. The summed E-state index contributed by atoms with van der Waals surface area (Å²) in [7, 11) is 0. The predicted molar refractivity (Wildman–Crippen MR) is 167 cm³/mol. The normalized spacial score (nSPS) is 12.0. The molecule has 4 aromatic heterocycles. The van der Waals surface area contributed by atoms with Crippen LogP contribution in [0.4, 0.5) is 0 Å². The fourth-order valence-corrected chi connectivity index (χ4v) is 6.69. The van der Waals surface area contributed by atoms with Gasteiger partial charge >= 0.3 is 0 Å². The van der Waals surface area contributed by atoms with E-state index >= 15 is 0 Å². The number of pyridine rings is 2. The molecule has 0 atom stereocenters. The van der Waals surface area contributed by atoms with Crippen molar-refractivity contribution in [2.45, 2.75) is 0 Å². The Hall–Kier alpha value is -5.41. The summed E-state index contributed by atoms with van der Waals surface area (Å²) in [4.78, 5) is 4.21. The van der Waals surface area contributed by atoms with Crippen molar-refractivity contribution in [3.05, 3.63) is 140 Å². The maximum Gasteiger partial charge on any atom is 0.0548 e. The van der Waals surface area contributed by atoms with Crippen LogP contribution in [0, 0.1) is 0 Å². The Morgan fingerprint density at radius 2 is 1.12 bits per heavy atom. The number of aromatic nitrogens is 3. The monoisotopic (exact) mass is 509 g/mol. The first-order valence-electron chi connectivity index (χ1n) is 13.6. The second kappa shape index (κ2) is 8.05. The van der Waals surface area contributed by atoms with E-state index in [2.05, 4.69) is 141 Å². The van der Waals surface area contributed by atoms with E-state index in [9.17, 15) is 0 Å². The van der Waals surface area contributed by atoms with Crippen molar-refractivity contribution in [2.75, 3.05) is 0 Å². The maximum atomic E-state index is 4.21. The zero-order valence-corrected chi connectivity index (χ0v) is 21.6. The van der Waals surface area contributed by atoms with Gasteiger partial charge in [-0.2, -0.15) is 0 Å². The number of nitrogens with zero attached hydrogens (tertiary/aromatic N) is 3. The third-order valence-electron chi connectivity index (χ3n) is 8.36. The number of benzene rings is 5. The molecule has 186 valence electrons. The second-order valence-electron chi connectivity index (χ2n) is 10.5. The quantitative estimate of drug-likeness (QED) is 0.213. The molecule has 0 bridgehead atoms. The van der Waals surface area contributed by atoms with Gasteiger partial charge in [0.15, 0.2) is 0 Å². The Labute approximate surface area is 230 Å². The lowest BCUT2D eigenvalue weighted by atomic mass is 10.00. The number of hydrogen-bond donors (Lipinski definition) is 0. The molecule has 0 fully saturated rings. The fourth-order valence-electron chi connectivity index (χ4n) is 6.69. The predicted octanol–water partition coefficient (Wildman–Crippen LogP) is 9.56. The molecule has 0 N–H and O–H groups in total. The van der Waals surface area contributed by atoms with Crippen LogP contribution in [0.2, 0.25) is 0 Å². The summed E-state index contributed by atoms with van der Waals surface area (Å²) in [6, 6.07) is 46.3. The van der Waals surface area contributed by atoms with E-state index in [4.69, 9.17) is 0 Å². The minimum absolute atomic E-state index is 1.15. The molecule has 0 saturated heterocycles. The van der Waals surface area contributed by atoms with Crippen molar-refractivity contribution >= 4 is 59.9 Å². The molecule has 0 spiro atoms. The van der Waals surface area contributed by atoms with Gasteiger partial charge in [0.05, 0.1) is 27.6 Å². The summed E-state index contributed by atoms with van der Waals surface area (Å²) in [5.41, 5.74) is 9.62. The van der Waals surface area contributed by atoms with Gasteiger partial charge in [0, 0.05) is 45.0 Å². The van der Waals surface area contributed by atoms with Gasteiger partial charge in [0.2, 0.25) is 0 Å². The zero-order valence-electron chi connectivity index (χ0n) is 21.6. The molecule has 0 saturated carbocycles. The SMILES string of the molecule is c1cc(-c2ccncc2)cc(-n2c3ccccc3c3c4c5ccccc5c5cc6ccccc6n5c4ccc32)c1. The van der Waals surface area contributed by atoms with Crippen molar-refractivity contribution in [1.82, 2.24) is 14.0 Å². The lowest BCUT2D eigenvalue weighted by Gasteiger charge is -2.13. The Morgan fingerprint density at radius 1 is 0.425 bits per heavy atom. The molecular formula is C37H23N3. The Morgan fingerprint density at radius 3 is 2.00 bits per heavy atom.